The van der Waals surface area contributed by atoms with Crippen LogP contribution in [0, 0.1) is 4.91 Å². The topological polar surface area (TPSA) is 120 Å². The molecular formula is C23H25N3O5S2. The molecule has 0 aromatic heterocycles. The average Bonchev–Trinajstić information content (AvgIpc) is 2.77. The van der Waals surface area contributed by atoms with Crippen LogP contribution in [0.4, 0.5) is 0 Å². The molecule has 2 rings (SSSR count). The Bertz CT molecular complexity index is 1040. The molecule has 0 saturated carbocycles. The lowest BCUT2D eigenvalue weighted by Crippen LogP contribution is -2.30. The summed E-state index contributed by atoms with van der Waals surface area (Å²) in [6.07, 6.45) is -0.311. The van der Waals surface area contributed by atoms with Crippen LogP contribution >= 0.6 is 24.2 Å². The predicted octanol–water partition coefficient (Wildman–Crippen LogP) is 4.37. The van der Waals surface area contributed by atoms with Crippen molar-refractivity contribution in [3.8, 4) is 11.5 Å². The fraction of sp³-hybridized carbons (Fsp3) is 0.261. The predicted molar refractivity (Wildman–Crippen MR) is 134 cm³/mol. The molecule has 3 N–H and O–H groups in total. The number of hydrogen-bond acceptors (Lipinski definition) is 9. The van der Waals surface area contributed by atoms with Gasteiger partial charge in [-0.15, -0.1) is 4.91 Å². The molecule has 0 heterocycles. The number of nitrogens with zero attached hydrogens (tertiary/aromatic N) is 1. The van der Waals surface area contributed by atoms with Gasteiger partial charge in [0, 0.05) is 39.9 Å². The monoisotopic (exact) mass is 487 g/mol. The van der Waals surface area contributed by atoms with E-state index in [1.807, 2.05) is 13.8 Å². The van der Waals surface area contributed by atoms with E-state index in [9.17, 15) is 14.5 Å². The zero-order chi connectivity index (χ0) is 24.4. The van der Waals surface area contributed by atoms with E-state index >= 15 is 0 Å². The van der Waals surface area contributed by atoms with Crippen molar-refractivity contribution in [3.63, 3.8) is 0 Å². The Labute approximate surface area is 202 Å². The molecular weight excluding hydrogens is 462 g/mol. The number of thiocarbonyl (C=S) groups is 1. The summed E-state index contributed by atoms with van der Waals surface area (Å²) >= 11 is 5.80. The molecule has 0 bridgehead atoms. The molecule has 0 aliphatic rings. The number of benzene rings is 2. The van der Waals surface area contributed by atoms with Gasteiger partial charge >= 0.3 is 11.9 Å². The molecule has 0 spiro atoms. The van der Waals surface area contributed by atoms with Crippen molar-refractivity contribution in [3.05, 3.63) is 71.1 Å². The molecule has 174 valence electrons. The third-order valence-corrected chi connectivity index (χ3v) is 5.30. The lowest BCUT2D eigenvalue weighted by molar-refractivity contribution is -0.140. The van der Waals surface area contributed by atoms with Crippen molar-refractivity contribution >= 4 is 46.8 Å². The van der Waals surface area contributed by atoms with Crippen molar-refractivity contribution in [1.82, 2.24) is 5.32 Å². The second kappa shape index (κ2) is 12.1. The first kappa shape index (κ1) is 26.0. The second-order valence-corrected chi connectivity index (χ2v) is 9.47. The van der Waals surface area contributed by atoms with Crippen molar-refractivity contribution in [2.75, 3.05) is 6.54 Å². The minimum atomic E-state index is -0.586. The van der Waals surface area contributed by atoms with Crippen LogP contribution < -0.4 is 20.5 Å². The first-order chi connectivity index (χ1) is 15.6. The maximum atomic E-state index is 12.3. The zero-order valence-electron chi connectivity index (χ0n) is 18.3. The average molecular weight is 488 g/mol. The molecule has 0 atom stereocenters. The van der Waals surface area contributed by atoms with Crippen LogP contribution in [0.2, 0.25) is 0 Å². The van der Waals surface area contributed by atoms with Gasteiger partial charge in [0.05, 0.1) is 17.6 Å². The highest BCUT2D eigenvalue weighted by Crippen LogP contribution is 2.27. The molecule has 2 aromatic rings. The second-order valence-electron chi connectivity index (χ2n) is 7.59. The Morgan fingerprint density at radius 3 is 2.30 bits per heavy atom. The molecule has 0 fully saturated rings. The molecule has 8 nitrogen and oxygen atoms in total. The number of esters is 2. The lowest BCUT2D eigenvalue weighted by atomic mass is 10.1. The van der Waals surface area contributed by atoms with Gasteiger partial charge in [-0.3, -0.25) is 9.59 Å². The molecule has 0 unspecified atom stereocenters. The number of ether oxygens (including phenoxy) is 2. The summed E-state index contributed by atoms with van der Waals surface area (Å²) in [5.74, 6) is -0.525. The summed E-state index contributed by atoms with van der Waals surface area (Å²) in [5.41, 5.74) is 7.31. The Hall–Kier alpha value is -3.24. The van der Waals surface area contributed by atoms with Crippen LogP contribution in [-0.2, 0) is 9.59 Å². The van der Waals surface area contributed by atoms with E-state index < -0.39 is 16.7 Å². The number of rotatable bonds is 12. The first-order valence-corrected chi connectivity index (χ1v) is 11.1. The van der Waals surface area contributed by atoms with Crippen LogP contribution in [-0.4, -0.2) is 28.2 Å². The Kier molecular flexibility index (Phi) is 9.56. The molecule has 0 amide bonds. The van der Waals surface area contributed by atoms with E-state index in [0.29, 0.717) is 34.9 Å². The summed E-state index contributed by atoms with van der Waals surface area (Å²) < 4.78 is 13.1. The first-order valence-electron chi connectivity index (χ1n) is 9.95. The highest BCUT2D eigenvalue weighted by molar-refractivity contribution is 7.99. The molecule has 0 aliphatic heterocycles. The quantitative estimate of drug-likeness (QED) is 0.148. The summed E-state index contributed by atoms with van der Waals surface area (Å²) in [6.45, 7) is 8.14. The zero-order valence-corrected chi connectivity index (χ0v) is 20.0. The van der Waals surface area contributed by atoms with E-state index in [-0.39, 0.29) is 17.8 Å². The van der Waals surface area contributed by atoms with Crippen molar-refractivity contribution in [2.45, 2.75) is 31.4 Å². The van der Waals surface area contributed by atoms with Gasteiger partial charge in [0.25, 0.3) is 0 Å². The summed E-state index contributed by atoms with van der Waals surface area (Å²) in [7, 11) is 0. The smallest absolute Gasteiger partial charge is 0.311 e. The van der Waals surface area contributed by atoms with Gasteiger partial charge in [-0.05, 0) is 50.2 Å². The highest BCUT2D eigenvalue weighted by atomic mass is 32.2. The standard InChI is InChI=1S/C23H25N3O5S2/c1-15(25-14-23(2,3)33-26-29)18-6-4-5-7-19(18)31-21(28)13-12-20(27)30-17-10-8-16(9-11-17)22(24)32/h4-11,25H,1,12-14H2,2-3H3,(H2,24,32). The van der Waals surface area contributed by atoms with Gasteiger partial charge in [-0.2, -0.15) is 0 Å². The SMILES string of the molecule is C=C(NCC(C)(C)SN=O)c1ccccc1OC(=O)CCC(=O)Oc1ccc(C(N)=S)cc1. The Morgan fingerprint density at radius 2 is 1.70 bits per heavy atom. The minimum absolute atomic E-state index is 0.151. The van der Waals surface area contributed by atoms with Gasteiger partial charge in [-0.25, -0.2) is 0 Å². The van der Waals surface area contributed by atoms with E-state index in [2.05, 4.69) is 16.5 Å². The number of nitroso groups, excluding NO2 is 1. The summed E-state index contributed by atoms with van der Waals surface area (Å²) in [5, 5.41) is 3.13. The largest absolute Gasteiger partial charge is 0.427 e. The third kappa shape index (κ3) is 8.66. The number of carbonyl (C=O) groups is 2. The van der Waals surface area contributed by atoms with Gasteiger partial charge in [0.1, 0.15) is 16.5 Å². The number of nitrogens with two attached hydrogens (primary N) is 1. The molecule has 2 aromatic carbocycles. The maximum Gasteiger partial charge on any atom is 0.311 e. The van der Waals surface area contributed by atoms with Crippen LogP contribution in [0.25, 0.3) is 5.70 Å². The van der Waals surface area contributed by atoms with E-state index in [0.717, 1.165) is 11.9 Å². The number of nitrogens with one attached hydrogen (secondary N) is 1. The molecule has 0 saturated heterocycles. The maximum absolute atomic E-state index is 12.3. The summed E-state index contributed by atoms with van der Waals surface area (Å²) in [4.78, 5) is 35.1. The van der Waals surface area contributed by atoms with Gasteiger partial charge in [0.2, 0.25) is 0 Å². The van der Waals surface area contributed by atoms with Crippen molar-refractivity contribution < 1.29 is 19.1 Å². The fourth-order valence-electron chi connectivity index (χ4n) is 2.60. The Balaban J connectivity index is 1.89. The number of para-hydroxylation sites is 1. The van der Waals surface area contributed by atoms with Crippen LogP contribution in [0.15, 0.2) is 59.7 Å². The van der Waals surface area contributed by atoms with Crippen LogP contribution in [0.3, 0.4) is 0 Å². The van der Waals surface area contributed by atoms with Crippen molar-refractivity contribution in [2.24, 2.45) is 10.3 Å². The van der Waals surface area contributed by atoms with E-state index in [1.54, 1.807) is 48.5 Å². The highest BCUT2D eigenvalue weighted by Gasteiger charge is 2.21. The van der Waals surface area contributed by atoms with Crippen LogP contribution in [0.1, 0.15) is 37.8 Å². The normalized spacial score (nSPS) is 10.7. The fourth-order valence-corrected chi connectivity index (χ4v) is 3.07. The van der Waals surface area contributed by atoms with Gasteiger partial charge < -0.3 is 20.5 Å². The van der Waals surface area contributed by atoms with Crippen LogP contribution in [0.5, 0.6) is 11.5 Å². The van der Waals surface area contributed by atoms with Gasteiger partial charge in [-0.1, -0.05) is 30.9 Å². The van der Waals surface area contributed by atoms with Crippen molar-refractivity contribution in [1.29, 1.82) is 0 Å². The molecule has 10 heteroatoms. The molecule has 0 aliphatic carbocycles. The van der Waals surface area contributed by atoms with E-state index in [1.165, 1.54) is 0 Å². The Morgan fingerprint density at radius 1 is 1.09 bits per heavy atom. The number of carbonyl (C=O) groups excluding carboxylic acids is 2. The molecule has 33 heavy (non-hydrogen) atoms. The third-order valence-electron chi connectivity index (χ3n) is 4.35. The summed E-state index contributed by atoms with van der Waals surface area (Å²) in [6, 6.07) is 13.3. The van der Waals surface area contributed by atoms with E-state index in [4.69, 9.17) is 27.4 Å². The lowest BCUT2D eigenvalue weighted by Gasteiger charge is -2.22. The van der Waals surface area contributed by atoms with Gasteiger partial charge in [0.15, 0.2) is 0 Å². The minimum Gasteiger partial charge on any atom is -0.427 e. The number of hydrogen-bond donors (Lipinski definition) is 2. The molecule has 0 radical (unpaired) electrons.